The number of carbonyl (C=O) groups is 1. The van der Waals surface area contributed by atoms with Crippen LogP contribution in [0.2, 0.25) is 0 Å². The van der Waals surface area contributed by atoms with Gasteiger partial charge < -0.3 is 10.2 Å². The molecule has 0 spiro atoms. The SMILES string of the molecule is C[C@@H]1CNCCN1C(=O)c1ccc(F)c(NS(C)(=O)=O)c1. The summed E-state index contributed by atoms with van der Waals surface area (Å²) in [6.07, 6.45) is 0.930. The van der Waals surface area contributed by atoms with Gasteiger partial charge in [-0.2, -0.15) is 0 Å². The molecule has 2 N–H and O–H groups in total. The standard InChI is InChI=1S/C13H18FN3O3S/c1-9-8-15-5-6-17(9)13(18)10-3-4-11(14)12(7-10)16-21(2,19)20/h3-4,7,9,15-16H,5-6,8H2,1-2H3/t9-/m1/s1. The number of nitrogens with zero attached hydrogens (tertiary/aromatic N) is 1. The lowest BCUT2D eigenvalue weighted by atomic mass is 10.1. The summed E-state index contributed by atoms with van der Waals surface area (Å²) >= 11 is 0. The lowest BCUT2D eigenvalue weighted by molar-refractivity contribution is 0.0656. The molecule has 2 rings (SSSR count). The van der Waals surface area contributed by atoms with E-state index in [4.69, 9.17) is 0 Å². The Bertz CT molecular complexity index is 648. The second-order valence-electron chi connectivity index (χ2n) is 5.12. The van der Waals surface area contributed by atoms with Crippen LogP contribution in [0.15, 0.2) is 18.2 Å². The Balaban J connectivity index is 2.27. The molecule has 8 heteroatoms. The predicted molar refractivity (Wildman–Crippen MR) is 78.2 cm³/mol. The van der Waals surface area contributed by atoms with E-state index in [9.17, 15) is 17.6 Å². The average molecular weight is 315 g/mol. The van der Waals surface area contributed by atoms with Gasteiger partial charge in [0.15, 0.2) is 0 Å². The fraction of sp³-hybridized carbons (Fsp3) is 0.462. The minimum absolute atomic E-state index is 0.0302. The Morgan fingerprint density at radius 3 is 2.81 bits per heavy atom. The molecule has 21 heavy (non-hydrogen) atoms. The maximum Gasteiger partial charge on any atom is 0.254 e. The monoisotopic (exact) mass is 315 g/mol. The lowest BCUT2D eigenvalue weighted by Gasteiger charge is -2.34. The number of anilines is 1. The van der Waals surface area contributed by atoms with E-state index in [1.165, 1.54) is 12.1 Å². The molecule has 1 atom stereocenters. The minimum Gasteiger partial charge on any atom is -0.333 e. The average Bonchev–Trinajstić information content (AvgIpc) is 2.39. The Kier molecular flexibility index (Phi) is 4.48. The van der Waals surface area contributed by atoms with Crippen LogP contribution in [-0.4, -0.2) is 51.2 Å². The molecule has 1 aliphatic heterocycles. The zero-order valence-corrected chi connectivity index (χ0v) is 12.7. The van der Waals surface area contributed by atoms with Gasteiger partial charge in [0.1, 0.15) is 5.82 Å². The third kappa shape index (κ3) is 3.92. The van der Waals surface area contributed by atoms with E-state index in [-0.39, 0.29) is 23.2 Å². The first-order chi connectivity index (χ1) is 9.78. The van der Waals surface area contributed by atoms with Crippen LogP contribution in [0, 0.1) is 5.82 Å². The van der Waals surface area contributed by atoms with Crippen molar-refractivity contribution in [2.75, 3.05) is 30.6 Å². The number of nitrogens with one attached hydrogen (secondary N) is 2. The molecule has 0 aliphatic carbocycles. The van der Waals surface area contributed by atoms with Crippen molar-refractivity contribution in [3.8, 4) is 0 Å². The van der Waals surface area contributed by atoms with E-state index in [1.807, 2.05) is 6.92 Å². The van der Waals surface area contributed by atoms with Crippen LogP contribution in [0.1, 0.15) is 17.3 Å². The maximum absolute atomic E-state index is 13.6. The molecular weight excluding hydrogens is 297 g/mol. The van der Waals surface area contributed by atoms with Gasteiger partial charge in [0.2, 0.25) is 10.0 Å². The fourth-order valence-corrected chi connectivity index (χ4v) is 2.80. The molecule has 1 amide bonds. The molecule has 1 heterocycles. The summed E-state index contributed by atoms with van der Waals surface area (Å²) in [5.41, 5.74) is 0.0439. The van der Waals surface area contributed by atoms with Gasteiger partial charge in [-0.3, -0.25) is 9.52 Å². The summed E-state index contributed by atoms with van der Waals surface area (Å²) < 4.78 is 38.1. The highest BCUT2D eigenvalue weighted by atomic mass is 32.2. The minimum atomic E-state index is -3.60. The number of hydrogen-bond donors (Lipinski definition) is 2. The van der Waals surface area contributed by atoms with E-state index in [2.05, 4.69) is 10.0 Å². The van der Waals surface area contributed by atoms with Gasteiger partial charge in [-0.1, -0.05) is 0 Å². The summed E-state index contributed by atoms with van der Waals surface area (Å²) in [6, 6.07) is 3.71. The Morgan fingerprint density at radius 2 is 2.19 bits per heavy atom. The predicted octanol–water partition coefficient (Wildman–Crippen LogP) is 0.631. The number of piperazine rings is 1. The second kappa shape index (κ2) is 5.98. The Morgan fingerprint density at radius 1 is 1.48 bits per heavy atom. The van der Waals surface area contributed by atoms with Gasteiger partial charge >= 0.3 is 0 Å². The highest BCUT2D eigenvalue weighted by Crippen LogP contribution is 2.19. The molecule has 0 saturated carbocycles. The van der Waals surface area contributed by atoms with Crippen molar-refractivity contribution >= 4 is 21.6 Å². The largest absolute Gasteiger partial charge is 0.333 e. The number of rotatable bonds is 3. The molecule has 0 aromatic heterocycles. The molecule has 1 aromatic carbocycles. The molecule has 1 aliphatic rings. The normalized spacial score (nSPS) is 19.4. The van der Waals surface area contributed by atoms with Crippen molar-refractivity contribution in [3.63, 3.8) is 0 Å². The van der Waals surface area contributed by atoms with Crippen LogP contribution in [0.4, 0.5) is 10.1 Å². The number of halogens is 1. The highest BCUT2D eigenvalue weighted by molar-refractivity contribution is 7.92. The quantitative estimate of drug-likeness (QED) is 0.857. The van der Waals surface area contributed by atoms with Crippen LogP contribution in [0.3, 0.4) is 0 Å². The van der Waals surface area contributed by atoms with Gasteiger partial charge in [-0.05, 0) is 25.1 Å². The van der Waals surface area contributed by atoms with Gasteiger partial charge in [0.25, 0.3) is 5.91 Å². The summed E-state index contributed by atoms with van der Waals surface area (Å²) in [5, 5.41) is 3.18. The molecule has 116 valence electrons. The molecule has 0 unspecified atom stereocenters. The van der Waals surface area contributed by atoms with Gasteiger partial charge in [-0.15, -0.1) is 0 Å². The van der Waals surface area contributed by atoms with Crippen LogP contribution in [0.5, 0.6) is 0 Å². The van der Waals surface area contributed by atoms with Crippen molar-refractivity contribution in [3.05, 3.63) is 29.6 Å². The van der Waals surface area contributed by atoms with Gasteiger partial charge in [-0.25, -0.2) is 12.8 Å². The summed E-state index contributed by atoms with van der Waals surface area (Å²) in [7, 11) is -3.60. The fourth-order valence-electron chi connectivity index (χ4n) is 2.24. The zero-order valence-electron chi connectivity index (χ0n) is 11.9. The summed E-state index contributed by atoms with van der Waals surface area (Å²) in [5.74, 6) is -0.953. The van der Waals surface area contributed by atoms with Crippen LogP contribution in [0.25, 0.3) is 0 Å². The van der Waals surface area contributed by atoms with Crippen LogP contribution in [-0.2, 0) is 10.0 Å². The summed E-state index contributed by atoms with van der Waals surface area (Å²) in [4.78, 5) is 14.1. The van der Waals surface area contributed by atoms with Crippen molar-refractivity contribution in [2.45, 2.75) is 13.0 Å². The first kappa shape index (κ1) is 15.7. The highest BCUT2D eigenvalue weighted by Gasteiger charge is 2.24. The molecule has 1 fully saturated rings. The Labute approximate surface area is 123 Å². The Hall–Kier alpha value is -1.67. The topological polar surface area (TPSA) is 78.5 Å². The third-order valence-corrected chi connectivity index (χ3v) is 3.86. The van der Waals surface area contributed by atoms with Crippen molar-refractivity contribution in [1.29, 1.82) is 0 Å². The number of carbonyl (C=O) groups excluding carboxylic acids is 1. The van der Waals surface area contributed by atoms with E-state index in [0.717, 1.165) is 12.3 Å². The molecule has 1 aromatic rings. The number of amides is 1. The van der Waals surface area contributed by atoms with E-state index < -0.39 is 15.8 Å². The molecule has 6 nitrogen and oxygen atoms in total. The second-order valence-corrected chi connectivity index (χ2v) is 6.87. The molecule has 0 radical (unpaired) electrons. The van der Waals surface area contributed by atoms with E-state index in [0.29, 0.717) is 19.6 Å². The smallest absolute Gasteiger partial charge is 0.254 e. The van der Waals surface area contributed by atoms with Crippen molar-refractivity contribution in [2.24, 2.45) is 0 Å². The van der Waals surface area contributed by atoms with Gasteiger partial charge in [0.05, 0.1) is 11.9 Å². The molecule has 1 saturated heterocycles. The lowest BCUT2D eigenvalue weighted by Crippen LogP contribution is -2.52. The molecular formula is C13H18FN3O3S. The number of benzene rings is 1. The number of hydrogen-bond acceptors (Lipinski definition) is 4. The zero-order chi connectivity index (χ0) is 15.6. The number of sulfonamides is 1. The van der Waals surface area contributed by atoms with E-state index >= 15 is 0 Å². The van der Waals surface area contributed by atoms with Gasteiger partial charge in [0, 0.05) is 31.2 Å². The molecule has 0 bridgehead atoms. The van der Waals surface area contributed by atoms with E-state index in [1.54, 1.807) is 4.90 Å². The van der Waals surface area contributed by atoms with Crippen molar-refractivity contribution < 1.29 is 17.6 Å². The first-order valence-corrected chi connectivity index (χ1v) is 8.46. The third-order valence-electron chi connectivity index (χ3n) is 3.27. The maximum atomic E-state index is 13.6. The summed E-state index contributed by atoms with van der Waals surface area (Å²) in [6.45, 7) is 3.88. The first-order valence-electron chi connectivity index (χ1n) is 6.57. The van der Waals surface area contributed by atoms with Crippen LogP contribution < -0.4 is 10.0 Å². The van der Waals surface area contributed by atoms with Crippen molar-refractivity contribution in [1.82, 2.24) is 10.2 Å². The van der Waals surface area contributed by atoms with Crippen LogP contribution >= 0.6 is 0 Å².